The summed E-state index contributed by atoms with van der Waals surface area (Å²) in [5.41, 5.74) is 3.05. The number of halogens is 1. The summed E-state index contributed by atoms with van der Waals surface area (Å²) in [6.07, 6.45) is 3.20. The van der Waals surface area contributed by atoms with Crippen molar-refractivity contribution in [2.45, 2.75) is 13.5 Å². The third-order valence-corrected chi connectivity index (χ3v) is 3.16. The van der Waals surface area contributed by atoms with Gasteiger partial charge in [0.15, 0.2) is 5.78 Å². The van der Waals surface area contributed by atoms with E-state index < -0.39 is 0 Å². The first-order valence-electron chi connectivity index (χ1n) is 6.40. The molecule has 3 heteroatoms. The number of hydrogen-bond acceptors (Lipinski definition) is 2. The molecule has 0 spiro atoms. The molecule has 0 aliphatic heterocycles. The average molecular weight is 286 g/mol. The molecule has 1 N–H and O–H groups in total. The van der Waals surface area contributed by atoms with Crippen LogP contribution in [-0.4, -0.2) is 5.78 Å². The third-order valence-electron chi connectivity index (χ3n) is 2.91. The average Bonchev–Trinajstić information content (AvgIpc) is 2.46. The zero-order valence-corrected chi connectivity index (χ0v) is 12.0. The topological polar surface area (TPSA) is 29.1 Å². The number of rotatable bonds is 5. The lowest BCUT2D eigenvalue weighted by Crippen LogP contribution is -2.05. The van der Waals surface area contributed by atoms with E-state index in [4.69, 9.17) is 11.6 Å². The number of aryl methyl sites for hydroxylation is 1. The molecule has 2 aromatic rings. The van der Waals surface area contributed by atoms with E-state index in [9.17, 15) is 4.79 Å². The molecule has 0 saturated carbocycles. The fourth-order valence-corrected chi connectivity index (χ4v) is 1.85. The van der Waals surface area contributed by atoms with E-state index in [1.54, 1.807) is 30.5 Å². The summed E-state index contributed by atoms with van der Waals surface area (Å²) in [6.45, 7) is 2.76. The van der Waals surface area contributed by atoms with E-state index in [0.717, 1.165) is 0 Å². The second kappa shape index (κ2) is 6.92. The van der Waals surface area contributed by atoms with Gasteiger partial charge < -0.3 is 5.32 Å². The van der Waals surface area contributed by atoms with Gasteiger partial charge in [-0.25, -0.2) is 0 Å². The molecule has 20 heavy (non-hydrogen) atoms. The maximum Gasteiger partial charge on any atom is 0.187 e. The summed E-state index contributed by atoms with van der Waals surface area (Å²) in [4.78, 5) is 11.8. The van der Waals surface area contributed by atoms with Crippen LogP contribution in [0.2, 0.25) is 5.02 Å². The Balaban J connectivity index is 1.85. The van der Waals surface area contributed by atoms with E-state index in [1.165, 1.54) is 17.2 Å². The SMILES string of the molecule is Cc1ccc(CNC=CC(=O)c2ccc(Cl)cc2)cc1. The smallest absolute Gasteiger partial charge is 0.187 e. The summed E-state index contributed by atoms with van der Waals surface area (Å²) in [5, 5.41) is 3.73. The van der Waals surface area contributed by atoms with Crippen LogP contribution >= 0.6 is 11.6 Å². The normalized spacial score (nSPS) is 10.7. The van der Waals surface area contributed by atoms with Crippen LogP contribution in [0, 0.1) is 6.92 Å². The summed E-state index contributed by atoms with van der Waals surface area (Å²) in [5.74, 6) is -0.0435. The number of benzene rings is 2. The Labute approximate surface area is 124 Å². The second-order valence-electron chi connectivity index (χ2n) is 4.57. The maximum absolute atomic E-state index is 11.8. The Bertz CT molecular complexity index is 600. The van der Waals surface area contributed by atoms with Gasteiger partial charge in [-0.2, -0.15) is 0 Å². The molecule has 0 aliphatic carbocycles. The Kier molecular flexibility index (Phi) is 4.97. The van der Waals surface area contributed by atoms with Gasteiger partial charge in [-0.1, -0.05) is 41.4 Å². The van der Waals surface area contributed by atoms with E-state index >= 15 is 0 Å². The molecule has 0 radical (unpaired) electrons. The first kappa shape index (κ1) is 14.4. The highest BCUT2D eigenvalue weighted by atomic mass is 35.5. The quantitative estimate of drug-likeness (QED) is 0.661. The molecule has 0 fully saturated rings. The van der Waals surface area contributed by atoms with Gasteiger partial charge in [0.2, 0.25) is 0 Å². The summed E-state index contributed by atoms with van der Waals surface area (Å²) >= 11 is 5.78. The van der Waals surface area contributed by atoms with E-state index in [-0.39, 0.29) is 5.78 Å². The molecule has 2 rings (SSSR count). The van der Waals surface area contributed by atoms with Crippen LogP contribution < -0.4 is 5.32 Å². The van der Waals surface area contributed by atoms with Crippen molar-refractivity contribution in [1.29, 1.82) is 0 Å². The van der Waals surface area contributed by atoms with Gasteiger partial charge in [0.05, 0.1) is 0 Å². The summed E-state index contributed by atoms with van der Waals surface area (Å²) < 4.78 is 0. The zero-order chi connectivity index (χ0) is 14.4. The highest BCUT2D eigenvalue weighted by Crippen LogP contribution is 2.10. The molecule has 0 amide bonds. The molecule has 102 valence electrons. The predicted octanol–water partition coefficient (Wildman–Crippen LogP) is 4.13. The molecular formula is C17H16ClNO. The third kappa shape index (κ3) is 4.25. The highest BCUT2D eigenvalue weighted by Gasteiger charge is 2.00. The minimum absolute atomic E-state index is 0.0435. The molecule has 0 aliphatic rings. The summed E-state index contributed by atoms with van der Waals surface area (Å²) in [7, 11) is 0. The minimum atomic E-state index is -0.0435. The lowest BCUT2D eigenvalue weighted by molar-refractivity contribution is 0.104. The predicted molar refractivity (Wildman–Crippen MR) is 82.9 cm³/mol. The largest absolute Gasteiger partial charge is 0.387 e. The van der Waals surface area contributed by atoms with Crippen molar-refractivity contribution in [3.8, 4) is 0 Å². The Morgan fingerprint density at radius 3 is 2.40 bits per heavy atom. The number of allylic oxidation sites excluding steroid dienone is 1. The molecule has 0 heterocycles. The Morgan fingerprint density at radius 2 is 1.75 bits per heavy atom. The van der Waals surface area contributed by atoms with Crippen molar-refractivity contribution in [3.05, 3.63) is 82.5 Å². The molecule has 0 saturated heterocycles. The lowest BCUT2D eigenvalue weighted by atomic mass is 10.1. The van der Waals surface area contributed by atoms with Crippen LogP contribution in [-0.2, 0) is 6.54 Å². The van der Waals surface area contributed by atoms with E-state index in [1.807, 2.05) is 0 Å². The van der Waals surface area contributed by atoms with Crippen LogP contribution in [0.4, 0.5) is 0 Å². The number of carbonyl (C=O) groups is 1. The van der Waals surface area contributed by atoms with Crippen LogP contribution in [0.1, 0.15) is 21.5 Å². The molecule has 0 aromatic heterocycles. The van der Waals surface area contributed by atoms with Gasteiger partial charge in [-0.3, -0.25) is 4.79 Å². The summed E-state index contributed by atoms with van der Waals surface area (Å²) in [6, 6.07) is 15.1. The number of ketones is 1. The first-order chi connectivity index (χ1) is 9.65. The fraction of sp³-hybridized carbons (Fsp3) is 0.118. The zero-order valence-electron chi connectivity index (χ0n) is 11.3. The molecular weight excluding hydrogens is 270 g/mol. The van der Waals surface area contributed by atoms with Crippen molar-refractivity contribution in [1.82, 2.24) is 5.32 Å². The van der Waals surface area contributed by atoms with Crippen LogP contribution in [0.15, 0.2) is 60.8 Å². The van der Waals surface area contributed by atoms with Crippen molar-refractivity contribution < 1.29 is 4.79 Å². The minimum Gasteiger partial charge on any atom is -0.387 e. The molecule has 2 aromatic carbocycles. The van der Waals surface area contributed by atoms with Crippen molar-refractivity contribution >= 4 is 17.4 Å². The van der Waals surface area contributed by atoms with E-state index in [2.05, 4.69) is 36.5 Å². The molecule has 0 atom stereocenters. The van der Waals surface area contributed by atoms with Crippen LogP contribution in [0.3, 0.4) is 0 Å². The van der Waals surface area contributed by atoms with Crippen molar-refractivity contribution in [2.75, 3.05) is 0 Å². The van der Waals surface area contributed by atoms with Gasteiger partial charge in [0.1, 0.15) is 0 Å². The van der Waals surface area contributed by atoms with E-state index in [0.29, 0.717) is 17.1 Å². The first-order valence-corrected chi connectivity index (χ1v) is 6.78. The van der Waals surface area contributed by atoms with Gasteiger partial charge in [0.25, 0.3) is 0 Å². The van der Waals surface area contributed by atoms with Gasteiger partial charge >= 0.3 is 0 Å². The lowest BCUT2D eigenvalue weighted by Gasteiger charge is -2.02. The number of carbonyl (C=O) groups excluding carboxylic acids is 1. The second-order valence-corrected chi connectivity index (χ2v) is 5.01. The molecule has 0 unspecified atom stereocenters. The van der Waals surface area contributed by atoms with Crippen LogP contribution in [0.5, 0.6) is 0 Å². The Hall–Kier alpha value is -2.06. The van der Waals surface area contributed by atoms with Crippen molar-refractivity contribution in [2.24, 2.45) is 0 Å². The fourth-order valence-electron chi connectivity index (χ4n) is 1.73. The number of nitrogens with one attached hydrogen (secondary N) is 1. The van der Waals surface area contributed by atoms with Crippen molar-refractivity contribution in [3.63, 3.8) is 0 Å². The number of hydrogen-bond donors (Lipinski definition) is 1. The highest BCUT2D eigenvalue weighted by molar-refractivity contribution is 6.30. The molecule has 2 nitrogen and oxygen atoms in total. The monoisotopic (exact) mass is 285 g/mol. The van der Waals surface area contributed by atoms with Gasteiger partial charge in [0, 0.05) is 29.4 Å². The Morgan fingerprint density at radius 1 is 1.10 bits per heavy atom. The standard InChI is InChI=1S/C17H16ClNO/c1-13-2-4-14(5-3-13)12-19-11-10-17(20)15-6-8-16(18)9-7-15/h2-11,19H,12H2,1H3. The van der Waals surface area contributed by atoms with Gasteiger partial charge in [-0.05, 0) is 36.8 Å². The van der Waals surface area contributed by atoms with Gasteiger partial charge in [-0.15, -0.1) is 0 Å². The molecule has 0 bridgehead atoms. The maximum atomic E-state index is 11.8. The van der Waals surface area contributed by atoms with Crippen LogP contribution in [0.25, 0.3) is 0 Å².